The molecule has 0 bridgehead atoms. The van der Waals surface area contributed by atoms with Crippen LogP contribution < -0.4 is 10.6 Å². The van der Waals surface area contributed by atoms with E-state index < -0.39 is 0 Å². The second-order valence-corrected chi connectivity index (χ2v) is 7.78. The van der Waals surface area contributed by atoms with Crippen LogP contribution in [0.4, 0.5) is 5.69 Å². The summed E-state index contributed by atoms with van der Waals surface area (Å²) >= 11 is 0. The van der Waals surface area contributed by atoms with Gasteiger partial charge in [-0.2, -0.15) is 0 Å². The van der Waals surface area contributed by atoms with Crippen molar-refractivity contribution in [1.29, 1.82) is 0 Å². The van der Waals surface area contributed by atoms with Crippen molar-refractivity contribution < 1.29 is 9.59 Å². The SMILES string of the molecule is CN(Cc1cc2ccccc2[nH]1)C(=O)c1ccc(N2CCCC(C(N)=O)C2)cc1. The summed E-state index contributed by atoms with van der Waals surface area (Å²) in [6.45, 7) is 2.06. The van der Waals surface area contributed by atoms with Crippen molar-refractivity contribution in [3.05, 3.63) is 65.9 Å². The van der Waals surface area contributed by atoms with Gasteiger partial charge in [-0.1, -0.05) is 18.2 Å². The minimum Gasteiger partial charge on any atom is -0.371 e. The highest BCUT2D eigenvalue weighted by Gasteiger charge is 2.24. The van der Waals surface area contributed by atoms with Crippen molar-refractivity contribution in [2.24, 2.45) is 11.7 Å². The molecule has 2 aromatic carbocycles. The van der Waals surface area contributed by atoms with E-state index in [1.165, 1.54) is 0 Å². The monoisotopic (exact) mass is 390 g/mol. The average molecular weight is 390 g/mol. The summed E-state index contributed by atoms with van der Waals surface area (Å²) in [6, 6.07) is 17.8. The third-order valence-electron chi connectivity index (χ3n) is 5.64. The Hall–Kier alpha value is -3.28. The number of aromatic amines is 1. The number of nitrogens with two attached hydrogens (primary N) is 1. The van der Waals surface area contributed by atoms with Crippen LogP contribution in [0.25, 0.3) is 10.9 Å². The van der Waals surface area contributed by atoms with Crippen LogP contribution in [0.3, 0.4) is 0 Å². The maximum atomic E-state index is 12.8. The lowest BCUT2D eigenvalue weighted by atomic mass is 9.97. The first-order valence-corrected chi connectivity index (χ1v) is 9.97. The maximum absolute atomic E-state index is 12.8. The lowest BCUT2D eigenvalue weighted by Gasteiger charge is -2.33. The zero-order valence-electron chi connectivity index (χ0n) is 16.6. The normalized spacial score (nSPS) is 16.7. The Balaban J connectivity index is 1.42. The zero-order chi connectivity index (χ0) is 20.4. The molecule has 6 nitrogen and oxygen atoms in total. The van der Waals surface area contributed by atoms with Gasteiger partial charge in [0.1, 0.15) is 0 Å². The number of nitrogens with zero attached hydrogens (tertiary/aromatic N) is 2. The molecule has 1 aliphatic heterocycles. The third kappa shape index (κ3) is 4.11. The Morgan fingerprint density at radius 1 is 1.17 bits per heavy atom. The molecule has 1 fully saturated rings. The summed E-state index contributed by atoms with van der Waals surface area (Å²) < 4.78 is 0. The molecule has 6 heteroatoms. The molecular formula is C23H26N4O2. The van der Waals surface area contributed by atoms with E-state index in [1.54, 1.807) is 4.90 Å². The van der Waals surface area contributed by atoms with Crippen LogP contribution in [-0.2, 0) is 11.3 Å². The highest BCUT2D eigenvalue weighted by molar-refractivity contribution is 5.94. The van der Waals surface area contributed by atoms with Crippen LogP contribution in [0, 0.1) is 5.92 Å². The molecule has 4 rings (SSSR count). The molecule has 3 N–H and O–H groups in total. The molecule has 3 aromatic rings. The smallest absolute Gasteiger partial charge is 0.253 e. The second kappa shape index (κ2) is 7.99. The van der Waals surface area contributed by atoms with Crippen LogP contribution in [0.2, 0.25) is 0 Å². The molecular weight excluding hydrogens is 364 g/mol. The van der Waals surface area contributed by atoms with Crippen molar-refractivity contribution in [3.8, 4) is 0 Å². The Bertz CT molecular complexity index is 992. The summed E-state index contributed by atoms with van der Waals surface area (Å²) in [6.07, 6.45) is 1.79. The van der Waals surface area contributed by atoms with E-state index in [9.17, 15) is 9.59 Å². The van der Waals surface area contributed by atoms with Gasteiger partial charge in [0.2, 0.25) is 5.91 Å². The maximum Gasteiger partial charge on any atom is 0.253 e. The lowest BCUT2D eigenvalue weighted by molar-refractivity contribution is -0.122. The molecule has 1 unspecified atom stereocenters. The number of nitrogens with one attached hydrogen (secondary N) is 1. The fraction of sp³-hybridized carbons (Fsp3) is 0.304. The minimum atomic E-state index is -0.236. The summed E-state index contributed by atoms with van der Waals surface area (Å²) in [5.41, 5.74) is 9.22. The first-order chi connectivity index (χ1) is 14.0. The Morgan fingerprint density at radius 2 is 1.93 bits per heavy atom. The van der Waals surface area contributed by atoms with Crippen LogP contribution in [0.5, 0.6) is 0 Å². The Morgan fingerprint density at radius 3 is 2.66 bits per heavy atom. The number of fused-ring (bicyclic) bond motifs is 1. The molecule has 1 atom stereocenters. The summed E-state index contributed by atoms with van der Waals surface area (Å²) in [4.78, 5) is 31.6. The van der Waals surface area contributed by atoms with Gasteiger partial charge in [0, 0.05) is 42.6 Å². The van der Waals surface area contributed by atoms with Gasteiger partial charge in [0.25, 0.3) is 5.91 Å². The van der Waals surface area contributed by atoms with E-state index in [-0.39, 0.29) is 17.7 Å². The molecule has 2 heterocycles. The number of piperidine rings is 1. The van der Waals surface area contributed by atoms with Crippen LogP contribution in [0.1, 0.15) is 28.9 Å². The first-order valence-electron chi connectivity index (χ1n) is 9.97. The Labute approximate surface area is 170 Å². The number of anilines is 1. The lowest BCUT2D eigenvalue weighted by Crippen LogP contribution is -2.41. The number of hydrogen-bond donors (Lipinski definition) is 2. The third-order valence-corrected chi connectivity index (χ3v) is 5.64. The molecule has 0 aliphatic carbocycles. The van der Waals surface area contributed by atoms with Crippen LogP contribution in [0.15, 0.2) is 54.6 Å². The Kier molecular flexibility index (Phi) is 5.25. The number of para-hydroxylation sites is 1. The molecule has 0 spiro atoms. The number of amides is 2. The number of benzene rings is 2. The molecule has 150 valence electrons. The predicted molar refractivity (Wildman–Crippen MR) is 115 cm³/mol. The quantitative estimate of drug-likeness (QED) is 0.702. The first kappa shape index (κ1) is 19.1. The zero-order valence-corrected chi connectivity index (χ0v) is 16.6. The second-order valence-electron chi connectivity index (χ2n) is 7.78. The van der Waals surface area contributed by atoms with E-state index in [4.69, 9.17) is 5.73 Å². The number of H-pyrrole nitrogens is 1. The largest absolute Gasteiger partial charge is 0.371 e. The minimum absolute atomic E-state index is 0.0242. The van der Waals surface area contributed by atoms with E-state index in [0.29, 0.717) is 18.7 Å². The van der Waals surface area contributed by atoms with Crippen molar-refractivity contribution >= 4 is 28.4 Å². The molecule has 29 heavy (non-hydrogen) atoms. The van der Waals surface area contributed by atoms with Gasteiger partial charge in [0.05, 0.1) is 12.5 Å². The van der Waals surface area contributed by atoms with Crippen molar-refractivity contribution in [2.45, 2.75) is 19.4 Å². The standard InChI is InChI=1S/C23H26N4O2/c1-26(15-19-13-17-5-2-3-7-21(17)25-19)23(29)16-8-10-20(11-9-16)27-12-4-6-18(14-27)22(24)28/h2-3,5,7-11,13,18,25H,4,6,12,14-15H2,1H3,(H2,24,28). The highest BCUT2D eigenvalue weighted by Crippen LogP contribution is 2.24. The van der Waals surface area contributed by atoms with E-state index in [0.717, 1.165) is 41.7 Å². The summed E-state index contributed by atoms with van der Waals surface area (Å²) in [5.74, 6) is -0.364. The average Bonchev–Trinajstić information content (AvgIpc) is 3.15. The topological polar surface area (TPSA) is 82.4 Å². The van der Waals surface area contributed by atoms with E-state index in [1.807, 2.05) is 49.5 Å². The van der Waals surface area contributed by atoms with Gasteiger partial charge in [-0.15, -0.1) is 0 Å². The van der Waals surface area contributed by atoms with Gasteiger partial charge in [-0.3, -0.25) is 9.59 Å². The van der Waals surface area contributed by atoms with Gasteiger partial charge >= 0.3 is 0 Å². The van der Waals surface area contributed by atoms with E-state index in [2.05, 4.69) is 22.0 Å². The fourth-order valence-electron chi connectivity index (χ4n) is 4.03. The van der Waals surface area contributed by atoms with Gasteiger partial charge in [-0.25, -0.2) is 0 Å². The number of primary amides is 1. The number of carbonyl (C=O) groups excluding carboxylic acids is 2. The van der Waals surface area contributed by atoms with E-state index >= 15 is 0 Å². The predicted octanol–water partition coefficient (Wildman–Crippen LogP) is 3.14. The van der Waals surface area contributed by atoms with Crippen LogP contribution in [-0.4, -0.2) is 41.8 Å². The number of aromatic nitrogens is 1. The fourth-order valence-corrected chi connectivity index (χ4v) is 4.03. The molecule has 2 amide bonds. The highest BCUT2D eigenvalue weighted by atomic mass is 16.2. The van der Waals surface area contributed by atoms with Crippen molar-refractivity contribution in [2.75, 3.05) is 25.0 Å². The van der Waals surface area contributed by atoms with Gasteiger partial charge < -0.3 is 20.5 Å². The van der Waals surface area contributed by atoms with Crippen molar-refractivity contribution in [3.63, 3.8) is 0 Å². The number of hydrogen-bond acceptors (Lipinski definition) is 3. The molecule has 0 saturated carbocycles. The summed E-state index contributed by atoms with van der Waals surface area (Å²) in [5, 5.41) is 1.14. The molecule has 1 aromatic heterocycles. The number of rotatable bonds is 5. The summed E-state index contributed by atoms with van der Waals surface area (Å²) in [7, 11) is 1.81. The van der Waals surface area contributed by atoms with Crippen molar-refractivity contribution in [1.82, 2.24) is 9.88 Å². The number of carbonyl (C=O) groups is 2. The molecule has 1 aliphatic rings. The van der Waals surface area contributed by atoms with Gasteiger partial charge in [-0.05, 0) is 54.6 Å². The molecule has 1 saturated heterocycles. The van der Waals surface area contributed by atoms with Gasteiger partial charge in [0.15, 0.2) is 0 Å². The van der Waals surface area contributed by atoms with Crippen LogP contribution >= 0.6 is 0 Å². The molecule has 0 radical (unpaired) electrons.